The summed E-state index contributed by atoms with van der Waals surface area (Å²) in [5.41, 5.74) is 5.21. The quantitative estimate of drug-likeness (QED) is 0.788. The summed E-state index contributed by atoms with van der Waals surface area (Å²) in [6.45, 7) is 0. The lowest BCUT2D eigenvalue weighted by Crippen LogP contribution is -2.42. The maximum Gasteiger partial charge on any atom is 0.338 e. The molecule has 1 fully saturated rings. The number of aromatic carboxylic acids is 1. The van der Waals surface area contributed by atoms with Crippen LogP contribution in [0.5, 0.6) is 0 Å². The zero-order chi connectivity index (χ0) is 14.0. The van der Waals surface area contributed by atoms with Crippen molar-refractivity contribution in [2.45, 2.75) is 37.8 Å². The Bertz CT molecular complexity index is 494. The van der Waals surface area contributed by atoms with Crippen molar-refractivity contribution in [1.29, 1.82) is 0 Å². The highest BCUT2D eigenvalue weighted by atomic mass is 19.2. The van der Waals surface area contributed by atoms with Crippen LogP contribution >= 0.6 is 0 Å². The van der Waals surface area contributed by atoms with E-state index in [1.165, 1.54) is 6.07 Å². The lowest BCUT2D eigenvalue weighted by Gasteiger charge is -2.30. The molecule has 1 aromatic rings. The molecule has 0 aliphatic heterocycles. The van der Waals surface area contributed by atoms with Gasteiger partial charge in [-0.15, -0.1) is 0 Å². The second kappa shape index (κ2) is 5.52. The molecule has 104 valence electrons. The van der Waals surface area contributed by atoms with Crippen molar-refractivity contribution in [1.82, 2.24) is 0 Å². The molecule has 1 aliphatic rings. The van der Waals surface area contributed by atoms with Crippen LogP contribution in [0.3, 0.4) is 0 Å². The molecular formula is C13H16F2N2O2. The van der Waals surface area contributed by atoms with Crippen LogP contribution in [0, 0.1) is 11.6 Å². The zero-order valence-corrected chi connectivity index (χ0v) is 10.3. The summed E-state index contributed by atoms with van der Waals surface area (Å²) in [6.07, 6.45) is 3.66. The molecule has 0 radical (unpaired) electrons. The average Bonchev–Trinajstić information content (AvgIpc) is 2.37. The summed E-state index contributed by atoms with van der Waals surface area (Å²) in [4.78, 5) is 10.7. The Balaban J connectivity index is 2.21. The van der Waals surface area contributed by atoms with Crippen molar-refractivity contribution in [3.63, 3.8) is 0 Å². The van der Waals surface area contributed by atoms with Crippen LogP contribution in [0.2, 0.25) is 0 Å². The van der Waals surface area contributed by atoms with Crippen LogP contribution in [0.25, 0.3) is 0 Å². The second-order valence-electron chi connectivity index (χ2n) is 4.79. The average molecular weight is 270 g/mol. The summed E-state index contributed by atoms with van der Waals surface area (Å²) >= 11 is 0. The van der Waals surface area contributed by atoms with E-state index in [0.717, 1.165) is 31.7 Å². The highest BCUT2D eigenvalue weighted by Crippen LogP contribution is 2.25. The molecule has 4 nitrogen and oxygen atoms in total. The third kappa shape index (κ3) is 2.84. The topological polar surface area (TPSA) is 75.3 Å². The van der Waals surface area contributed by atoms with Gasteiger partial charge in [0, 0.05) is 12.1 Å². The fourth-order valence-electron chi connectivity index (χ4n) is 2.36. The summed E-state index contributed by atoms with van der Waals surface area (Å²) < 4.78 is 27.3. The van der Waals surface area contributed by atoms with E-state index >= 15 is 0 Å². The van der Waals surface area contributed by atoms with Gasteiger partial charge in [0.2, 0.25) is 0 Å². The fourth-order valence-corrected chi connectivity index (χ4v) is 2.36. The van der Waals surface area contributed by atoms with E-state index < -0.39 is 23.2 Å². The fraction of sp³-hybridized carbons (Fsp3) is 0.462. The first-order valence-electron chi connectivity index (χ1n) is 6.24. The summed E-state index contributed by atoms with van der Waals surface area (Å²) in [5, 5.41) is 11.6. The molecular weight excluding hydrogens is 254 g/mol. The molecule has 4 N–H and O–H groups in total. The highest BCUT2D eigenvalue weighted by Gasteiger charge is 2.24. The van der Waals surface area contributed by atoms with Crippen molar-refractivity contribution >= 4 is 11.7 Å². The molecule has 1 aliphatic carbocycles. The van der Waals surface area contributed by atoms with Gasteiger partial charge in [-0.2, -0.15) is 0 Å². The van der Waals surface area contributed by atoms with Crippen molar-refractivity contribution in [3.05, 3.63) is 29.3 Å². The molecule has 0 heterocycles. The Morgan fingerprint density at radius 2 is 1.95 bits per heavy atom. The smallest absolute Gasteiger partial charge is 0.338 e. The van der Waals surface area contributed by atoms with Gasteiger partial charge in [0.1, 0.15) is 0 Å². The van der Waals surface area contributed by atoms with Gasteiger partial charge in [-0.25, -0.2) is 13.6 Å². The first-order valence-corrected chi connectivity index (χ1v) is 6.24. The molecule has 6 heteroatoms. The number of rotatable bonds is 3. The van der Waals surface area contributed by atoms with Gasteiger partial charge in [0.25, 0.3) is 0 Å². The summed E-state index contributed by atoms with van der Waals surface area (Å²) in [7, 11) is 0. The second-order valence-corrected chi connectivity index (χ2v) is 4.79. The lowest BCUT2D eigenvalue weighted by molar-refractivity contribution is 0.0690. The molecule has 0 saturated heterocycles. The molecule has 0 spiro atoms. The van der Waals surface area contributed by atoms with Gasteiger partial charge in [-0.1, -0.05) is 12.8 Å². The van der Waals surface area contributed by atoms with E-state index in [1.807, 2.05) is 0 Å². The maximum atomic E-state index is 13.8. The van der Waals surface area contributed by atoms with Crippen LogP contribution in [-0.4, -0.2) is 23.2 Å². The SMILES string of the molecule is NC1CCCCC1Nc1ccc(C(=O)O)c(F)c1F. The number of carboxylic acid groups (broad SMARTS) is 1. The number of nitrogens with one attached hydrogen (secondary N) is 1. The molecule has 1 aromatic carbocycles. The Morgan fingerprint density at radius 3 is 2.58 bits per heavy atom. The number of benzene rings is 1. The normalized spacial score (nSPS) is 23.1. The Hall–Kier alpha value is -1.69. The summed E-state index contributed by atoms with van der Waals surface area (Å²) in [5.74, 6) is -4.00. The van der Waals surface area contributed by atoms with Gasteiger partial charge in [0.05, 0.1) is 11.3 Å². The monoisotopic (exact) mass is 270 g/mol. The van der Waals surface area contributed by atoms with Gasteiger partial charge < -0.3 is 16.2 Å². The first kappa shape index (κ1) is 13.7. The van der Waals surface area contributed by atoms with Crippen LogP contribution in [-0.2, 0) is 0 Å². The van der Waals surface area contributed by atoms with Gasteiger partial charge in [-0.3, -0.25) is 0 Å². The van der Waals surface area contributed by atoms with E-state index in [9.17, 15) is 13.6 Å². The van der Waals surface area contributed by atoms with E-state index in [-0.39, 0.29) is 17.8 Å². The number of anilines is 1. The van der Waals surface area contributed by atoms with Crippen LogP contribution in [0.15, 0.2) is 12.1 Å². The minimum atomic E-state index is -1.49. The molecule has 2 rings (SSSR count). The molecule has 2 unspecified atom stereocenters. The number of halogens is 2. The van der Waals surface area contributed by atoms with E-state index in [2.05, 4.69) is 5.32 Å². The van der Waals surface area contributed by atoms with E-state index in [4.69, 9.17) is 10.8 Å². The zero-order valence-electron chi connectivity index (χ0n) is 10.3. The standard InChI is InChI=1S/C13H16F2N2O2/c14-11-7(13(18)19)5-6-10(12(11)15)17-9-4-2-1-3-8(9)16/h5-6,8-9,17H,1-4,16H2,(H,18,19). The predicted octanol–water partition coefficient (Wildman–Crippen LogP) is 2.34. The van der Waals surface area contributed by atoms with Crippen LogP contribution in [0.4, 0.5) is 14.5 Å². The number of hydrogen-bond acceptors (Lipinski definition) is 3. The number of carboxylic acids is 1. The Kier molecular flexibility index (Phi) is 3.99. The van der Waals surface area contributed by atoms with E-state index in [1.54, 1.807) is 0 Å². The molecule has 0 amide bonds. The van der Waals surface area contributed by atoms with E-state index in [0.29, 0.717) is 0 Å². The number of nitrogens with two attached hydrogens (primary N) is 1. The third-order valence-corrected chi connectivity index (χ3v) is 3.47. The minimum absolute atomic E-state index is 0.0372. The highest BCUT2D eigenvalue weighted by molar-refractivity contribution is 5.88. The molecule has 1 saturated carbocycles. The minimum Gasteiger partial charge on any atom is -0.478 e. The van der Waals surface area contributed by atoms with Crippen molar-refractivity contribution in [3.8, 4) is 0 Å². The maximum absolute atomic E-state index is 13.8. The Labute approximate surface area is 109 Å². The molecule has 0 aromatic heterocycles. The van der Waals surface area contributed by atoms with Gasteiger partial charge in [-0.05, 0) is 25.0 Å². The lowest BCUT2D eigenvalue weighted by atomic mass is 9.91. The van der Waals surface area contributed by atoms with Crippen molar-refractivity contribution in [2.24, 2.45) is 5.73 Å². The number of carbonyl (C=O) groups is 1. The van der Waals surface area contributed by atoms with Gasteiger partial charge >= 0.3 is 5.97 Å². The van der Waals surface area contributed by atoms with Crippen LogP contribution < -0.4 is 11.1 Å². The van der Waals surface area contributed by atoms with Crippen LogP contribution in [0.1, 0.15) is 36.0 Å². The van der Waals surface area contributed by atoms with Crippen molar-refractivity contribution in [2.75, 3.05) is 5.32 Å². The summed E-state index contributed by atoms with van der Waals surface area (Å²) in [6, 6.07) is 2.08. The third-order valence-electron chi connectivity index (χ3n) is 3.47. The van der Waals surface area contributed by atoms with Gasteiger partial charge in [0.15, 0.2) is 11.6 Å². The molecule has 19 heavy (non-hydrogen) atoms. The predicted molar refractivity (Wildman–Crippen MR) is 67.2 cm³/mol. The number of hydrogen-bond donors (Lipinski definition) is 3. The Morgan fingerprint density at radius 1 is 1.26 bits per heavy atom. The van der Waals surface area contributed by atoms with Crippen molar-refractivity contribution < 1.29 is 18.7 Å². The first-order chi connectivity index (χ1) is 9.00. The molecule has 0 bridgehead atoms. The molecule has 2 atom stereocenters. The largest absolute Gasteiger partial charge is 0.478 e.